The number of hydrogen-bond acceptors (Lipinski definition) is 3. The molecule has 3 heteroatoms. The van der Waals surface area contributed by atoms with Gasteiger partial charge in [-0.2, -0.15) is 0 Å². The van der Waals surface area contributed by atoms with Gasteiger partial charge in [0.05, 0.1) is 6.61 Å². The van der Waals surface area contributed by atoms with Crippen LogP contribution in [0.2, 0.25) is 0 Å². The molecule has 0 saturated carbocycles. The van der Waals surface area contributed by atoms with Crippen molar-refractivity contribution in [3.63, 3.8) is 0 Å². The van der Waals surface area contributed by atoms with Crippen LogP contribution in [0.5, 0.6) is 0 Å². The van der Waals surface area contributed by atoms with Crippen molar-refractivity contribution in [3.05, 3.63) is 11.9 Å². The first-order valence-corrected chi connectivity index (χ1v) is 4.34. The quantitative estimate of drug-likeness (QED) is 0.488. The van der Waals surface area contributed by atoms with E-state index in [1.54, 1.807) is 19.2 Å². The smallest absolute Gasteiger partial charge is 0.134 e. The van der Waals surface area contributed by atoms with Gasteiger partial charge in [0.2, 0.25) is 0 Å². The first-order valence-electron chi connectivity index (χ1n) is 4.34. The van der Waals surface area contributed by atoms with Gasteiger partial charge in [-0.05, 0) is 13.3 Å². The van der Waals surface area contributed by atoms with Crippen LogP contribution in [-0.2, 0) is 0 Å². The summed E-state index contributed by atoms with van der Waals surface area (Å²) in [5.41, 5.74) is 0. The molecule has 0 saturated heterocycles. The highest BCUT2D eigenvalue weighted by atomic mass is 16.3. The molecular formula is C10H16N2O. The van der Waals surface area contributed by atoms with E-state index in [1.807, 2.05) is 6.92 Å². The van der Waals surface area contributed by atoms with E-state index in [4.69, 9.17) is 5.11 Å². The fraction of sp³-hybridized carbons (Fsp3) is 0.500. The molecule has 0 atom stereocenters. The fourth-order valence-corrected chi connectivity index (χ4v) is 0.648. The van der Waals surface area contributed by atoms with Gasteiger partial charge in [-0.3, -0.25) is 0 Å². The van der Waals surface area contributed by atoms with Gasteiger partial charge in [0.25, 0.3) is 0 Å². The topological polar surface area (TPSA) is 44.6 Å². The zero-order valence-corrected chi connectivity index (χ0v) is 8.17. The standard InChI is InChI=1S/C10H16N2O/c1-3-5-6-10(11-7-4-2)12-8-9-13/h6-7,12-13H,4,8-9H2,1-2H3/b10-6+,11-7?. The van der Waals surface area contributed by atoms with Crippen LogP contribution in [0.3, 0.4) is 0 Å². The summed E-state index contributed by atoms with van der Waals surface area (Å²) in [5, 5.41) is 11.5. The van der Waals surface area contributed by atoms with Crippen LogP contribution >= 0.6 is 0 Å². The van der Waals surface area contributed by atoms with Gasteiger partial charge in [0.1, 0.15) is 5.82 Å². The first-order chi connectivity index (χ1) is 6.35. The van der Waals surface area contributed by atoms with Crippen LogP contribution in [-0.4, -0.2) is 24.5 Å². The number of rotatable bonds is 5. The molecule has 0 aromatic heterocycles. The largest absolute Gasteiger partial charge is 0.395 e. The lowest BCUT2D eigenvalue weighted by atomic mass is 10.5. The van der Waals surface area contributed by atoms with Crippen molar-refractivity contribution in [2.24, 2.45) is 4.99 Å². The average molecular weight is 180 g/mol. The lowest BCUT2D eigenvalue weighted by Crippen LogP contribution is -2.16. The van der Waals surface area contributed by atoms with Crippen molar-refractivity contribution < 1.29 is 5.11 Å². The highest BCUT2D eigenvalue weighted by Gasteiger charge is 1.88. The van der Waals surface area contributed by atoms with E-state index in [9.17, 15) is 0 Å². The Morgan fingerprint density at radius 3 is 2.92 bits per heavy atom. The summed E-state index contributed by atoms with van der Waals surface area (Å²) in [6.45, 7) is 4.37. The summed E-state index contributed by atoms with van der Waals surface area (Å²) < 4.78 is 0. The molecule has 0 bridgehead atoms. The second-order valence-corrected chi connectivity index (χ2v) is 2.29. The molecule has 0 heterocycles. The van der Waals surface area contributed by atoms with E-state index in [0.717, 1.165) is 6.42 Å². The van der Waals surface area contributed by atoms with E-state index >= 15 is 0 Å². The molecule has 0 spiro atoms. The lowest BCUT2D eigenvalue weighted by molar-refractivity contribution is 0.297. The fourth-order valence-electron chi connectivity index (χ4n) is 0.648. The second kappa shape index (κ2) is 8.82. The van der Waals surface area contributed by atoms with Crippen LogP contribution in [0, 0.1) is 11.8 Å². The minimum atomic E-state index is 0.0958. The van der Waals surface area contributed by atoms with Gasteiger partial charge in [0.15, 0.2) is 0 Å². The van der Waals surface area contributed by atoms with E-state index in [1.165, 1.54) is 0 Å². The third-order valence-corrected chi connectivity index (χ3v) is 1.18. The van der Waals surface area contributed by atoms with Crippen molar-refractivity contribution in [1.82, 2.24) is 5.32 Å². The highest BCUT2D eigenvalue weighted by Crippen LogP contribution is 1.89. The second-order valence-electron chi connectivity index (χ2n) is 2.29. The SMILES string of the molecule is CC#C/C=C(\N=CCC)NCCO. The molecule has 13 heavy (non-hydrogen) atoms. The van der Waals surface area contributed by atoms with Crippen molar-refractivity contribution in [1.29, 1.82) is 0 Å². The average Bonchev–Trinajstić information content (AvgIpc) is 2.17. The summed E-state index contributed by atoms with van der Waals surface area (Å²) >= 11 is 0. The summed E-state index contributed by atoms with van der Waals surface area (Å²) in [4.78, 5) is 4.13. The Kier molecular flexibility index (Phi) is 7.96. The minimum absolute atomic E-state index is 0.0958. The Morgan fingerprint density at radius 2 is 2.38 bits per heavy atom. The zero-order valence-electron chi connectivity index (χ0n) is 8.17. The monoisotopic (exact) mass is 180 g/mol. The third kappa shape index (κ3) is 7.10. The lowest BCUT2D eigenvalue weighted by Gasteiger charge is -2.01. The number of aliphatic hydroxyl groups excluding tert-OH is 1. The van der Waals surface area contributed by atoms with Crippen LogP contribution in [0.4, 0.5) is 0 Å². The van der Waals surface area contributed by atoms with Crippen LogP contribution < -0.4 is 5.32 Å². The van der Waals surface area contributed by atoms with Gasteiger partial charge in [0, 0.05) is 18.8 Å². The molecule has 0 radical (unpaired) electrons. The number of aliphatic hydroxyl groups is 1. The molecule has 0 amide bonds. The van der Waals surface area contributed by atoms with Crippen molar-refractivity contribution in [2.75, 3.05) is 13.2 Å². The number of aliphatic imine (C=N–C) groups is 1. The summed E-state index contributed by atoms with van der Waals surface area (Å²) in [6.07, 6.45) is 4.38. The molecule has 0 aromatic rings. The van der Waals surface area contributed by atoms with E-state index in [2.05, 4.69) is 22.2 Å². The molecule has 0 aliphatic carbocycles. The predicted molar refractivity (Wildman–Crippen MR) is 55.4 cm³/mol. The van der Waals surface area contributed by atoms with Crippen molar-refractivity contribution in [3.8, 4) is 11.8 Å². The number of nitrogens with zero attached hydrogens (tertiary/aromatic N) is 1. The van der Waals surface area contributed by atoms with E-state index in [0.29, 0.717) is 12.4 Å². The number of hydrogen-bond donors (Lipinski definition) is 2. The molecule has 0 aliphatic rings. The molecule has 72 valence electrons. The molecule has 0 fully saturated rings. The number of nitrogens with one attached hydrogen (secondary N) is 1. The van der Waals surface area contributed by atoms with Gasteiger partial charge in [-0.15, -0.1) is 5.92 Å². The Balaban J connectivity index is 4.15. The molecule has 2 N–H and O–H groups in total. The van der Waals surface area contributed by atoms with Crippen LogP contribution in [0.25, 0.3) is 0 Å². The van der Waals surface area contributed by atoms with Crippen LogP contribution in [0.1, 0.15) is 20.3 Å². The summed E-state index contributed by atoms with van der Waals surface area (Å²) in [6, 6.07) is 0. The van der Waals surface area contributed by atoms with Gasteiger partial charge in [-0.25, -0.2) is 4.99 Å². The first kappa shape index (κ1) is 11.7. The van der Waals surface area contributed by atoms with Gasteiger partial charge in [-0.1, -0.05) is 12.8 Å². The van der Waals surface area contributed by atoms with Crippen molar-refractivity contribution in [2.45, 2.75) is 20.3 Å². The van der Waals surface area contributed by atoms with Gasteiger partial charge < -0.3 is 10.4 Å². The summed E-state index contributed by atoms with van der Waals surface area (Å²) in [7, 11) is 0. The molecule has 0 unspecified atom stereocenters. The van der Waals surface area contributed by atoms with Crippen molar-refractivity contribution >= 4 is 6.21 Å². The van der Waals surface area contributed by atoms with Crippen LogP contribution in [0.15, 0.2) is 16.9 Å². The maximum absolute atomic E-state index is 8.59. The van der Waals surface area contributed by atoms with Gasteiger partial charge >= 0.3 is 0 Å². The molecular weight excluding hydrogens is 164 g/mol. The molecule has 3 nitrogen and oxygen atoms in total. The molecule has 0 aromatic carbocycles. The summed E-state index contributed by atoms with van der Waals surface area (Å²) in [5.74, 6) is 6.24. The molecule has 0 rings (SSSR count). The highest BCUT2D eigenvalue weighted by molar-refractivity contribution is 5.58. The Morgan fingerprint density at radius 1 is 1.62 bits per heavy atom. The maximum Gasteiger partial charge on any atom is 0.134 e. The Hall–Kier alpha value is -1.27. The maximum atomic E-state index is 8.59. The third-order valence-electron chi connectivity index (χ3n) is 1.18. The normalized spacial score (nSPS) is 11.2. The number of allylic oxidation sites excluding steroid dienone is 1. The predicted octanol–water partition coefficient (Wildman–Crippen LogP) is 0.914. The Bertz CT molecular complexity index is 233. The van der Waals surface area contributed by atoms with E-state index < -0.39 is 0 Å². The minimum Gasteiger partial charge on any atom is -0.395 e. The molecule has 0 aliphatic heterocycles. The Labute approximate surface area is 79.6 Å². The zero-order chi connectivity index (χ0) is 9.94. The van der Waals surface area contributed by atoms with E-state index in [-0.39, 0.29) is 6.61 Å².